The van der Waals surface area contributed by atoms with Gasteiger partial charge in [-0.2, -0.15) is 0 Å². The van der Waals surface area contributed by atoms with Crippen LogP contribution in [0.3, 0.4) is 0 Å². The maximum Gasteiger partial charge on any atom is 0.337 e. The van der Waals surface area contributed by atoms with Gasteiger partial charge in [0, 0.05) is 31.3 Å². The number of carboxylic acids is 1. The number of hydrogen-bond donors (Lipinski definition) is 3. The minimum atomic E-state index is -1.21. The zero-order valence-corrected chi connectivity index (χ0v) is 18.9. The van der Waals surface area contributed by atoms with E-state index in [1.807, 2.05) is 19.1 Å². The molecule has 2 aromatic heterocycles. The number of benzene rings is 1. The number of aromatic carboxylic acids is 1. The second-order valence-electron chi connectivity index (χ2n) is 7.40. The number of fused-ring (bicyclic) bond motifs is 1. The van der Waals surface area contributed by atoms with E-state index in [-0.39, 0.29) is 41.8 Å². The van der Waals surface area contributed by atoms with Crippen molar-refractivity contribution in [3.8, 4) is 11.5 Å². The van der Waals surface area contributed by atoms with E-state index < -0.39 is 5.97 Å². The Morgan fingerprint density at radius 2 is 1.82 bits per heavy atom. The molecule has 10 nitrogen and oxygen atoms in total. The second kappa shape index (κ2) is 10.0. The molecule has 1 aromatic carbocycles. The maximum absolute atomic E-state index is 12.7. The lowest BCUT2D eigenvalue weighted by atomic mass is 10.1. The van der Waals surface area contributed by atoms with Gasteiger partial charge >= 0.3 is 5.97 Å². The van der Waals surface area contributed by atoms with Gasteiger partial charge in [-0.1, -0.05) is 6.07 Å². The van der Waals surface area contributed by atoms with Gasteiger partial charge in [0.1, 0.15) is 11.3 Å². The third kappa shape index (κ3) is 5.05. The van der Waals surface area contributed by atoms with Crippen LogP contribution in [0, 0.1) is 13.8 Å². The van der Waals surface area contributed by atoms with Crippen LogP contribution in [0.4, 0.5) is 5.69 Å². The molecule has 0 saturated heterocycles. The van der Waals surface area contributed by atoms with E-state index in [2.05, 4.69) is 15.6 Å². The van der Waals surface area contributed by atoms with Crippen LogP contribution in [0.15, 0.2) is 30.5 Å². The SMILES string of the molecule is COc1cc(NC(=O)CCCNC(=O)c2c(C)nc3c(C)cccn23)c(C(=O)O)cc1OC. The summed E-state index contributed by atoms with van der Waals surface area (Å²) in [6.45, 7) is 3.97. The molecule has 0 bridgehead atoms. The number of ether oxygens (including phenoxy) is 2. The van der Waals surface area contributed by atoms with E-state index >= 15 is 0 Å². The van der Waals surface area contributed by atoms with E-state index in [1.165, 1.54) is 26.4 Å². The monoisotopic (exact) mass is 454 g/mol. The lowest BCUT2D eigenvalue weighted by molar-refractivity contribution is -0.116. The van der Waals surface area contributed by atoms with E-state index in [0.29, 0.717) is 23.6 Å². The number of hydrogen-bond acceptors (Lipinski definition) is 6. The average Bonchev–Trinajstić information content (AvgIpc) is 3.13. The number of carbonyl (C=O) groups excluding carboxylic acids is 2. The molecule has 0 fully saturated rings. The molecule has 3 aromatic rings. The predicted octanol–water partition coefficient (Wildman–Crippen LogP) is 2.82. The summed E-state index contributed by atoms with van der Waals surface area (Å²) < 4.78 is 12.0. The van der Waals surface area contributed by atoms with Gasteiger partial charge in [-0.3, -0.25) is 14.0 Å². The van der Waals surface area contributed by atoms with Crippen LogP contribution >= 0.6 is 0 Å². The first-order valence-electron chi connectivity index (χ1n) is 10.3. The number of pyridine rings is 1. The number of rotatable bonds is 9. The summed E-state index contributed by atoms with van der Waals surface area (Å²) in [5.74, 6) is -1.34. The normalized spacial score (nSPS) is 10.7. The van der Waals surface area contributed by atoms with Crippen molar-refractivity contribution in [1.82, 2.24) is 14.7 Å². The van der Waals surface area contributed by atoms with E-state index in [1.54, 1.807) is 17.5 Å². The first-order chi connectivity index (χ1) is 15.8. The number of carboxylic acid groups (broad SMARTS) is 1. The van der Waals surface area contributed by atoms with Gasteiger partial charge in [-0.05, 0) is 31.9 Å². The molecule has 10 heteroatoms. The Morgan fingerprint density at radius 3 is 2.48 bits per heavy atom. The Labute approximate surface area is 190 Å². The number of carbonyl (C=O) groups is 3. The van der Waals surface area contributed by atoms with Crippen molar-refractivity contribution in [2.75, 3.05) is 26.1 Å². The van der Waals surface area contributed by atoms with Crippen LogP contribution < -0.4 is 20.1 Å². The molecule has 3 N–H and O–H groups in total. The Hall–Kier alpha value is -4.08. The zero-order valence-electron chi connectivity index (χ0n) is 18.9. The number of anilines is 1. The minimum absolute atomic E-state index is 0.0823. The molecule has 3 rings (SSSR count). The van der Waals surface area contributed by atoms with Gasteiger partial charge in [0.05, 0.1) is 31.2 Å². The highest BCUT2D eigenvalue weighted by Crippen LogP contribution is 2.33. The van der Waals surface area contributed by atoms with Crippen molar-refractivity contribution < 1.29 is 29.0 Å². The summed E-state index contributed by atoms with van der Waals surface area (Å²) >= 11 is 0. The van der Waals surface area contributed by atoms with Crippen molar-refractivity contribution >= 4 is 29.1 Å². The summed E-state index contributed by atoms with van der Waals surface area (Å²) in [6, 6.07) is 6.47. The lowest BCUT2D eigenvalue weighted by Gasteiger charge is -2.14. The van der Waals surface area contributed by atoms with E-state index in [4.69, 9.17) is 9.47 Å². The molecular formula is C23H26N4O6. The molecule has 0 unspecified atom stereocenters. The van der Waals surface area contributed by atoms with Crippen LogP contribution in [0.25, 0.3) is 5.65 Å². The molecule has 0 aliphatic rings. The first kappa shape index (κ1) is 23.6. The van der Waals surface area contributed by atoms with Gasteiger partial charge in [-0.15, -0.1) is 0 Å². The molecule has 0 aliphatic carbocycles. The largest absolute Gasteiger partial charge is 0.493 e. The molecule has 0 aliphatic heterocycles. The number of nitrogens with one attached hydrogen (secondary N) is 2. The second-order valence-corrected chi connectivity index (χ2v) is 7.40. The number of imidazole rings is 1. The minimum Gasteiger partial charge on any atom is -0.493 e. The fraction of sp³-hybridized carbons (Fsp3) is 0.304. The van der Waals surface area contributed by atoms with Gasteiger partial charge in [0.2, 0.25) is 5.91 Å². The van der Waals surface area contributed by atoms with E-state index in [0.717, 1.165) is 11.2 Å². The van der Waals surface area contributed by atoms with Gasteiger partial charge in [0.25, 0.3) is 5.91 Å². The first-order valence-corrected chi connectivity index (χ1v) is 10.3. The maximum atomic E-state index is 12.7. The molecule has 0 atom stereocenters. The van der Waals surface area contributed by atoms with Crippen molar-refractivity contribution in [3.63, 3.8) is 0 Å². The van der Waals surface area contributed by atoms with Gasteiger partial charge in [-0.25, -0.2) is 9.78 Å². The summed E-state index contributed by atoms with van der Waals surface area (Å²) in [5.41, 5.74) is 2.75. The Balaban J connectivity index is 1.60. The summed E-state index contributed by atoms with van der Waals surface area (Å²) in [5, 5.41) is 14.8. The van der Waals surface area contributed by atoms with Crippen molar-refractivity contribution in [3.05, 3.63) is 53.0 Å². The highest BCUT2D eigenvalue weighted by atomic mass is 16.5. The number of aryl methyl sites for hydroxylation is 2. The van der Waals surface area contributed by atoms with Gasteiger partial charge < -0.3 is 25.2 Å². The molecule has 2 heterocycles. The van der Waals surface area contributed by atoms with Crippen molar-refractivity contribution in [2.24, 2.45) is 0 Å². The van der Waals surface area contributed by atoms with Crippen LogP contribution in [0.5, 0.6) is 11.5 Å². The topological polar surface area (TPSA) is 131 Å². The third-order valence-corrected chi connectivity index (χ3v) is 5.13. The predicted molar refractivity (Wildman–Crippen MR) is 121 cm³/mol. The standard InChI is InChI=1S/C23H26N4O6/c1-13-7-6-10-27-20(14(2)25-21(13)27)22(29)24-9-5-8-19(28)26-16-12-18(33-4)17(32-3)11-15(16)23(30)31/h6-7,10-12H,5,8-9H2,1-4H3,(H,24,29)(H,26,28)(H,30,31). The molecule has 2 amide bonds. The van der Waals surface area contributed by atoms with Crippen LogP contribution in [-0.4, -0.2) is 53.0 Å². The third-order valence-electron chi connectivity index (χ3n) is 5.13. The molecule has 0 radical (unpaired) electrons. The lowest BCUT2D eigenvalue weighted by Crippen LogP contribution is -2.27. The quantitative estimate of drug-likeness (QED) is 0.424. The number of aromatic nitrogens is 2. The van der Waals surface area contributed by atoms with E-state index in [9.17, 15) is 19.5 Å². The van der Waals surface area contributed by atoms with Crippen LogP contribution in [0.1, 0.15) is 44.9 Å². The highest BCUT2D eigenvalue weighted by molar-refractivity contribution is 6.01. The highest BCUT2D eigenvalue weighted by Gasteiger charge is 2.19. The molecule has 0 saturated carbocycles. The smallest absolute Gasteiger partial charge is 0.337 e. The zero-order chi connectivity index (χ0) is 24.1. The fourth-order valence-electron chi connectivity index (χ4n) is 3.50. The van der Waals surface area contributed by atoms with Gasteiger partial charge in [0.15, 0.2) is 11.5 Å². The molecule has 0 spiro atoms. The molecule has 33 heavy (non-hydrogen) atoms. The van der Waals surface area contributed by atoms with Crippen molar-refractivity contribution in [1.29, 1.82) is 0 Å². The average molecular weight is 454 g/mol. The summed E-state index contributed by atoms with van der Waals surface area (Å²) in [7, 11) is 2.81. The fourth-order valence-corrected chi connectivity index (χ4v) is 3.50. The Kier molecular flexibility index (Phi) is 7.17. The van der Waals surface area contributed by atoms with Crippen LogP contribution in [-0.2, 0) is 4.79 Å². The number of methoxy groups -OCH3 is 2. The number of amides is 2. The Morgan fingerprint density at radius 1 is 1.12 bits per heavy atom. The van der Waals surface area contributed by atoms with Crippen molar-refractivity contribution in [2.45, 2.75) is 26.7 Å². The molecule has 174 valence electrons. The van der Waals surface area contributed by atoms with Crippen LogP contribution in [0.2, 0.25) is 0 Å². The molecular weight excluding hydrogens is 428 g/mol. The summed E-state index contributed by atoms with van der Waals surface area (Å²) in [4.78, 5) is 41.1. The Bertz CT molecular complexity index is 1220. The summed E-state index contributed by atoms with van der Waals surface area (Å²) in [6.07, 6.45) is 2.23. The number of nitrogens with zero attached hydrogens (tertiary/aromatic N) is 2.